The van der Waals surface area contributed by atoms with Crippen LogP contribution in [0.4, 0.5) is 4.79 Å². The second kappa shape index (κ2) is 4.70. The van der Waals surface area contributed by atoms with E-state index in [2.05, 4.69) is 0 Å². The molecule has 0 spiro atoms. The largest absolute Gasteiger partial charge is 0.450 e. The third kappa shape index (κ3) is 3.95. The topological polar surface area (TPSA) is 49.8 Å². The molecule has 0 saturated carbocycles. The molecule has 0 aromatic carbocycles. The first-order valence-electron chi connectivity index (χ1n) is 5.07. The van der Waals surface area contributed by atoms with Crippen molar-refractivity contribution in [2.75, 3.05) is 13.1 Å². The molecule has 1 heterocycles. The van der Waals surface area contributed by atoms with Gasteiger partial charge in [-0.15, -0.1) is 0 Å². The van der Waals surface area contributed by atoms with Crippen LogP contribution < -0.4 is 0 Å². The molecular formula is C10H17BNO3. The molecule has 0 saturated heterocycles. The molecule has 1 amide bonds. The molecule has 0 aromatic rings. The Kier molecular flexibility index (Phi) is 3.80. The first-order chi connectivity index (χ1) is 6.92. The summed E-state index contributed by atoms with van der Waals surface area (Å²) in [5.41, 5.74) is 0.416. The standard InChI is InChI=1S/C10H17BNO3/c1-10(2,3)15-9(13)12-6-4-8(11-14)5-7-12/h4,14H,5-7H2,1-3H3. The van der Waals surface area contributed by atoms with E-state index in [1.807, 2.05) is 26.8 Å². The Morgan fingerprint density at radius 3 is 2.67 bits per heavy atom. The molecule has 5 heteroatoms. The van der Waals surface area contributed by atoms with Crippen molar-refractivity contribution in [2.45, 2.75) is 32.8 Å². The van der Waals surface area contributed by atoms with Gasteiger partial charge in [-0.25, -0.2) is 4.79 Å². The van der Waals surface area contributed by atoms with Crippen molar-refractivity contribution in [3.8, 4) is 0 Å². The molecule has 4 nitrogen and oxygen atoms in total. The Hall–Kier alpha value is -0.965. The Balaban J connectivity index is 2.47. The number of hydrogen-bond donors (Lipinski definition) is 1. The van der Waals surface area contributed by atoms with Gasteiger partial charge in [0, 0.05) is 13.1 Å². The van der Waals surface area contributed by atoms with E-state index in [-0.39, 0.29) is 6.09 Å². The Morgan fingerprint density at radius 2 is 2.27 bits per heavy atom. The van der Waals surface area contributed by atoms with E-state index in [4.69, 9.17) is 9.76 Å². The van der Waals surface area contributed by atoms with Crippen LogP contribution in [0.1, 0.15) is 27.2 Å². The summed E-state index contributed by atoms with van der Waals surface area (Å²) in [6, 6.07) is 0. The Bertz CT molecular complexity index is 270. The molecule has 0 fully saturated rings. The summed E-state index contributed by atoms with van der Waals surface area (Å²) < 4.78 is 5.23. The first kappa shape index (κ1) is 12.1. The van der Waals surface area contributed by atoms with Crippen LogP contribution in [0.15, 0.2) is 11.5 Å². The fourth-order valence-electron chi connectivity index (χ4n) is 1.29. The van der Waals surface area contributed by atoms with Gasteiger partial charge >= 0.3 is 13.6 Å². The van der Waals surface area contributed by atoms with Crippen LogP contribution in [-0.2, 0) is 4.74 Å². The normalized spacial score (nSPS) is 17.1. The molecule has 1 radical (unpaired) electrons. The van der Waals surface area contributed by atoms with Gasteiger partial charge in [-0.05, 0) is 27.2 Å². The van der Waals surface area contributed by atoms with Crippen LogP contribution in [0.3, 0.4) is 0 Å². The maximum atomic E-state index is 11.6. The molecule has 1 aliphatic rings. The third-order valence-corrected chi connectivity index (χ3v) is 2.06. The number of amides is 1. The summed E-state index contributed by atoms with van der Waals surface area (Å²) in [6.45, 7) is 6.63. The highest BCUT2D eigenvalue weighted by molar-refractivity contribution is 6.36. The number of hydrogen-bond acceptors (Lipinski definition) is 3. The van der Waals surface area contributed by atoms with Gasteiger partial charge in [-0.3, -0.25) is 0 Å². The van der Waals surface area contributed by atoms with Gasteiger partial charge in [0.2, 0.25) is 0 Å². The maximum absolute atomic E-state index is 11.6. The van der Waals surface area contributed by atoms with Crippen LogP contribution in [0.5, 0.6) is 0 Å². The minimum atomic E-state index is -0.454. The second-order valence-electron chi connectivity index (χ2n) is 4.58. The van der Waals surface area contributed by atoms with Crippen molar-refractivity contribution >= 4 is 13.6 Å². The molecule has 1 aliphatic heterocycles. The first-order valence-corrected chi connectivity index (χ1v) is 5.07. The van der Waals surface area contributed by atoms with Crippen molar-refractivity contribution in [2.24, 2.45) is 0 Å². The van der Waals surface area contributed by atoms with Gasteiger partial charge < -0.3 is 14.7 Å². The second-order valence-corrected chi connectivity index (χ2v) is 4.58. The van der Waals surface area contributed by atoms with Crippen LogP contribution >= 0.6 is 0 Å². The molecule has 0 aromatic heterocycles. The fraction of sp³-hybridized carbons (Fsp3) is 0.700. The van der Waals surface area contributed by atoms with Crippen LogP contribution in [0.25, 0.3) is 0 Å². The summed E-state index contributed by atoms with van der Waals surface area (Å²) in [5, 5.41) is 8.77. The monoisotopic (exact) mass is 210 g/mol. The van der Waals surface area contributed by atoms with E-state index in [0.29, 0.717) is 19.5 Å². The minimum absolute atomic E-state index is 0.296. The predicted octanol–water partition coefficient (Wildman–Crippen LogP) is 1.12. The SMILES string of the molecule is CC(C)(C)OC(=O)N1CC=C([B]O)CC1. The van der Waals surface area contributed by atoms with Gasteiger partial charge in [0.25, 0.3) is 0 Å². The van der Waals surface area contributed by atoms with Crippen LogP contribution in [-0.4, -0.2) is 42.2 Å². The average molecular weight is 210 g/mol. The van der Waals surface area contributed by atoms with Gasteiger partial charge in [-0.1, -0.05) is 11.5 Å². The van der Waals surface area contributed by atoms with Crippen molar-refractivity contribution in [1.82, 2.24) is 4.90 Å². The van der Waals surface area contributed by atoms with E-state index in [1.54, 1.807) is 4.90 Å². The van der Waals surface area contributed by atoms with Gasteiger partial charge in [0.05, 0.1) is 0 Å². The quantitative estimate of drug-likeness (QED) is 0.659. The zero-order chi connectivity index (χ0) is 11.5. The lowest BCUT2D eigenvalue weighted by molar-refractivity contribution is 0.0267. The zero-order valence-electron chi connectivity index (χ0n) is 9.49. The Morgan fingerprint density at radius 1 is 1.60 bits per heavy atom. The molecule has 0 atom stereocenters. The Labute approximate surface area is 91.2 Å². The van der Waals surface area contributed by atoms with Crippen molar-refractivity contribution in [3.63, 3.8) is 0 Å². The number of rotatable bonds is 1. The minimum Gasteiger partial charge on any atom is -0.450 e. The van der Waals surface area contributed by atoms with E-state index in [9.17, 15) is 4.79 Å². The average Bonchev–Trinajstić information content (AvgIpc) is 2.15. The lowest BCUT2D eigenvalue weighted by Gasteiger charge is -2.29. The molecular weight excluding hydrogens is 193 g/mol. The summed E-state index contributed by atoms with van der Waals surface area (Å²) in [7, 11) is 1.09. The number of carbonyl (C=O) groups excluding carboxylic acids is 1. The fourth-order valence-corrected chi connectivity index (χ4v) is 1.29. The van der Waals surface area contributed by atoms with Crippen molar-refractivity contribution < 1.29 is 14.6 Å². The van der Waals surface area contributed by atoms with E-state index >= 15 is 0 Å². The van der Waals surface area contributed by atoms with E-state index in [0.717, 1.165) is 13.0 Å². The summed E-state index contributed by atoms with van der Waals surface area (Å²) in [4.78, 5) is 13.2. The highest BCUT2D eigenvalue weighted by Crippen LogP contribution is 2.14. The molecule has 0 unspecified atom stereocenters. The lowest BCUT2D eigenvalue weighted by atomic mass is 9.83. The summed E-state index contributed by atoms with van der Waals surface area (Å²) >= 11 is 0. The smallest absolute Gasteiger partial charge is 0.410 e. The van der Waals surface area contributed by atoms with E-state index in [1.165, 1.54) is 0 Å². The highest BCUT2D eigenvalue weighted by atomic mass is 16.6. The summed E-state index contributed by atoms with van der Waals surface area (Å²) in [6.07, 6.45) is 2.21. The lowest BCUT2D eigenvalue weighted by Crippen LogP contribution is -2.39. The maximum Gasteiger partial charge on any atom is 0.410 e. The van der Waals surface area contributed by atoms with Crippen molar-refractivity contribution in [1.29, 1.82) is 0 Å². The van der Waals surface area contributed by atoms with Gasteiger partial charge in [0.1, 0.15) is 5.60 Å². The molecule has 83 valence electrons. The molecule has 1 rings (SSSR count). The molecule has 0 bridgehead atoms. The van der Waals surface area contributed by atoms with Crippen LogP contribution in [0.2, 0.25) is 0 Å². The number of nitrogens with zero attached hydrogens (tertiary/aromatic N) is 1. The molecule has 1 N–H and O–H groups in total. The highest BCUT2D eigenvalue weighted by Gasteiger charge is 2.23. The third-order valence-electron chi connectivity index (χ3n) is 2.06. The van der Waals surface area contributed by atoms with E-state index < -0.39 is 5.60 Å². The number of carbonyl (C=O) groups is 1. The number of ether oxygens (including phenoxy) is 1. The van der Waals surface area contributed by atoms with Crippen molar-refractivity contribution in [3.05, 3.63) is 11.5 Å². The van der Waals surface area contributed by atoms with Gasteiger partial charge in [0.15, 0.2) is 0 Å². The predicted molar refractivity (Wildman–Crippen MR) is 58.5 cm³/mol. The molecule has 0 aliphatic carbocycles. The summed E-state index contributed by atoms with van der Waals surface area (Å²) in [5.74, 6) is 0. The van der Waals surface area contributed by atoms with Crippen LogP contribution in [0, 0.1) is 0 Å². The van der Waals surface area contributed by atoms with Gasteiger partial charge in [-0.2, -0.15) is 0 Å². The molecule has 15 heavy (non-hydrogen) atoms. The zero-order valence-corrected chi connectivity index (χ0v) is 9.49.